The highest BCUT2D eigenvalue weighted by Gasteiger charge is 2.11. The maximum atomic E-state index is 12.1. The van der Waals surface area contributed by atoms with E-state index >= 15 is 0 Å². The molecule has 3 rings (SSSR count). The molecule has 1 aromatic heterocycles. The molecule has 0 aliphatic carbocycles. The van der Waals surface area contributed by atoms with Gasteiger partial charge in [-0.25, -0.2) is 4.98 Å². The zero-order chi connectivity index (χ0) is 17.8. The molecule has 0 fully saturated rings. The van der Waals surface area contributed by atoms with Crippen LogP contribution in [-0.4, -0.2) is 26.8 Å². The molecule has 0 saturated carbocycles. The quantitative estimate of drug-likeness (QED) is 0.512. The molecule has 1 heterocycles. The first-order chi connectivity index (χ1) is 12.0. The summed E-state index contributed by atoms with van der Waals surface area (Å²) < 4.78 is 0.988. The van der Waals surface area contributed by atoms with Crippen molar-refractivity contribution in [3.05, 3.63) is 57.0 Å². The number of nitrogens with one attached hydrogen (secondary N) is 2. The van der Waals surface area contributed by atoms with Crippen molar-refractivity contribution in [1.82, 2.24) is 15.2 Å². The highest BCUT2D eigenvalue weighted by molar-refractivity contribution is 9.10. The molecule has 0 bridgehead atoms. The zero-order valence-electron chi connectivity index (χ0n) is 12.6. The Kier molecular flexibility index (Phi) is 6.01. The Morgan fingerprint density at radius 1 is 1.20 bits per heavy atom. The van der Waals surface area contributed by atoms with E-state index in [0.29, 0.717) is 26.7 Å². The lowest BCUT2D eigenvalue weighted by Gasteiger charge is -2.06. The van der Waals surface area contributed by atoms with Crippen LogP contribution in [-0.2, 0) is 4.79 Å². The van der Waals surface area contributed by atoms with Crippen molar-refractivity contribution in [2.45, 2.75) is 5.16 Å². The smallest absolute Gasteiger partial charge is 0.234 e. The summed E-state index contributed by atoms with van der Waals surface area (Å²) >= 11 is 16.5. The largest absolute Gasteiger partial charge is 0.324 e. The van der Waals surface area contributed by atoms with Crippen LogP contribution < -0.4 is 5.32 Å². The number of aromatic amines is 1. The molecule has 9 heteroatoms. The highest BCUT2D eigenvalue weighted by Crippen LogP contribution is 2.26. The predicted molar refractivity (Wildman–Crippen MR) is 105 cm³/mol. The third-order valence-electron chi connectivity index (χ3n) is 3.12. The third kappa shape index (κ3) is 4.98. The number of carbonyl (C=O) groups is 1. The van der Waals surface area contributed by atoms with Crippen molar-refractivity contribution in [2.24, 2.45) is 0 Å². The number of hydrogen-bond acceptors (Lipinski definition) is 4. The minimum Gasteiger partial charge on any atom is -0.324 e. The maximum absolute atomic E-state index is 12.1. The zero-order valence-corrected chi connectivity index (χ0v) is 16.5. The van der Waals surface area contributed by atoms with Crippen molar-refractivity contribution in [3.63, 3.8) is 0 Å². The maximum Gasteiger partial charge on any atom is 0.234 e. The van der Waals surface area contributed by atoms with Gasteiger partial charge in [0.05, 0.1) is 16.5 Å². The van der Waals surface area contributed by atoms with Gasteiger partial charge in [0.2, 0.25) is 11.1 Å². The number of nitrogens with zero attached hydrogens (tertiary/aromatic N) is 2. The minimum atomic E-state index is -0.218. The lowest BCUT2D eigenvalue weighted by molar-refractivity contribution is -0.113. The lowest BCUT2D eigenvalue weighted by atomic mass is 10.2. The van der Waals surface area contributed by atoms with E-state index in [4.69, 9.17) is 23.2 Å². The summed E-state index contributed by atoms with van der Waals surface area (Å²) in [5, 5.41) is 11.1. The molecule has 0 atom stereocenters. The van der Waals surface area contributed by atoms with Gasteiger partial charge in [0.1, 0.15) is 0 Å². The van der Waals surface area contributed by atoms with Gasteiger partial charge in [-0.05, 0) is 30.3 Å². The van der Waals surface area contributed by atoms with Crippen LogP contribution in [0.3, 0.4) is 0 Å². The summed E-state index contributed by atoms with van der Waals surface area (Å²) in [4.78, 5) is 16.4. The van der Waals surface area contributed by atoms with Gasteiger partial charge in [-0.1, -0.05) is 63.0 Å². The highest BCUT2D eigenvalue weighted by atomic mass is 79.9. The fraction of sp³-hybridized carbons (Fsp3) is 0.0625. The van der Waals surface area contributed by atoms with Gasteiger partial charge in [0, 0.05) is 15.1 Å². The molecule has 2 N–H and O–H groups in total. The molecule has 5 nitrogen and oxygen atoms in total. The van der Waals surface area contributed by atoms with Crippen molar-refractivity contribution < 1.29 is 4.79 Å². The normalized spacial score (nSPS) is 10.7. The van der Waals surface area contributed by atoms with E-state index in [9.17, 15) is 4.79 Å². The summed E-state index contributed by atoms with van der Waals surface area (Å²) in [5.41, 5.74) is 1.39. The van der Waals surface area contributed by atoms with Gasteiger partial charge < -0.3 is 5.32 Å². The van der Waals surface area contributed by atoms with Crippen LogP contribution in [0.5, 0.6) is 0 Å². The first-order valence-corrected chi connectivity index (χ1v) is 9.61. The van der Waals surface area contributed by atoms with Crippen LogP contribution in [0.4, 0.5) is 5.69 Å². The molecule has 0 saturated heterocycles. The van der Waals surface area contributed by atoms with Gasteiger partial charge in [-0.15, -0.1) is 5.10 Å². The topological polar surface area (TPSA) is 70.7 Å². The third-order valence-corrected chi connectivity index (χ3v) is 5.06. The van der Waals surface area contributed by atoms with Crippen LogP contribution in [0.15, 0.2) is 52.1 Å². The van der Waals surface area contributed by atoms with E-state index in [1.807, 2.05) is 24.3 Å². The van der Waals surface area contributed by atoms with Gasteiger partial charge >= 0.3 is 0 Å². The molecule has 0 unspecified atom stereocenters. The molecule has 0 radical (unpaired) electrons. The number of aromatic nitrogens is 3. The fourth-order valence-electron chi connectivity index (χ4n) is 1.96. The number of halogens is 3. The van der Waals surface area contributed by atoms with Crippen LogP contribution in [0.1, 0.15) is 0 Å². The summed E-state index contributed by atoms with van der Waals surface area (Å²) in [6.45, 7) is 0. The summed E-state index contributed by atoms with van der Waals surface area (Å²) in [5.74, 6) is 0.581. The number of carbonyl (C=O) groups excluding carboxylic acids is 1. The molecule has 0 aliphatic rings. The Bertz CT molecular complexity index is 901. The van der Waals surface area contributed by atoms with Gasteiger partial charge in [-0.3, -0.25) is 9.89 Å². The van der Waals surface area contributed by atoms with Crippen LogP contribution >= 0.6 is 50.9 Å². The SMILES string of the molecule is O=C(CSc1n[nH]c(-c2ccc(Br)cc2)n1)Nc1cc(Cl)ccc1Cl. The number of amides is 1. The van der Waals surface area contributed by atoms with Crippen LogP contribution in [0.2, 0.25) is 10.0 Å². The van der Waals surface area contributed by atoms with Crippen molar-refractivity contribution in [2.75, 3.05) is 11.1 Å². The number of thioether (sulfide) groups is 1. The van der Waals surface area contributed by atoms with Gasteiger partial charge in [0.25, 0.3) is 0 Å². The van der Waals surface area contributed by atoms with Crippen molar-refractivity contribution in [1.29, 1.82) is 0 Å². The Morgan fingerprint density at radius 2 is 1.96 bits per heavy atom. The molecule has 3 aromatic rings. The van der Waals surface area contributed by atoms with Crippen LogP contribution in [0.25, 0.3) is 11.4 Å². The van der Waals surface area contributed by atoms with Gasteiger partial charge in [-0.2, -0.15) is 0 Å². The summed E-state index contributed by atoms with van der Waals surface area (Å²) in [6, 6.07) is 12.6. The number of hydrogen-bond donors (Lipinski definition) is 2. The standard InChI is InChI=1S/C16H11BrCl2N4OS/c17-10-3-1-9(2-4-10)15-21-16(23-22-15)25-8-14(24)20-13-7-11(18)5-6-12(13)19/h1-7H,8H2,(H,20,24)(H,21,22,23). The molecule has 0 spiro atoms. The Hall–Kier alpha value is -1.54. The second kappa shape index (κ2) is 8.23. The molecule has 2 aromatic carbocycles. The van der Waals surface area contributed by atoms with Crippen molar-refractivity contribution >= 4 is 62.5 Å². The van der Waals surface area contributed by atoms with Crippen molar-refractivity contribution in [3.8, 4) is 11.4 Å². The van der Waals surface area contributed by atoms with Crippen LogP contribution in [0, 0.1) is 0 Å². The number of anilines is 1. The average molecular weight is 458 g/mol. The molecule has 128 valence electrons. The van der Waals surface area contributed by atoms with E-state index in [1.165, 1.54) is 11.8 Å². The number of H-pyrrole nitrogens is 1. The lowest BCUT2D eigenvalue weighted by Crippen LogP contribution is -2.14. The monoisotopic (exact) mass is 456 g/mol. The van der Waals surface area contributed by atoms with E-state index in [-0.39, 0.29) is 11.7 Å². The predicted octanol–water partition coefficient (Wildman–Crippen LogP) is 5.27. The summed E-state index contributed by atoms with van der Waals surface area (Å²) in [6.07, 6.45) is 0. The number of benzene rings is 2. The fourth-order valence-corrected chi connectivity index (χ4v) is 3.16. The Morgan fingerprint density at radius 3 is 2.72 bits per heavy atom. The molecular formula is C16H11BrCl2N4OS. The number of rotatable bonds is 5. The molecular weight excluding hydrogens is 447 g/mol. The summed E-state index contributed by atoms with van der Waals surface area (Å²) in [7, 11) is 0. The first-order valence-electron chi connectivity index (χ1n) is 7.07. The average Bonchev–Trinajstić information content (AvgIpc) is 3.06. The van der Waals surface area contributed by atoms with Gasteiger partial charge in [0.15, 0.2) is 5.82 Å². The van der Waals surface area contributed by atoms with E-state index in [1.54, 1.807) is 18.2 Å². The van der Waals surface area contributed by atoms with E-state index in [2.05, 4.69) is 36.4 Å². The second-order valence-corrected chi connectivity index (χ2v) is 7.64. The Labute approximate surface area is 166 Å². The van der Waals surface area contributed by atoms with E-state index in [0.717, 1.165) is 10.0 Å². The molecule has 0 aliphatic heterocycles. The molecule has 25 heavy (non-hydrogen) atoms. The first kappa shape index (κ1) is 18.3. The second-order valence-electron chi connectivity index (χ2n) is 4.93. The van der Waals surface area contributed by atoms with E-state index < -0.39 is 0 Å². The minimum absolute atomic E-state index is 0.153. The Balaban J connectivity index is 1.59. The molecule has 1 amide bonds.